The minimum absolute atomic E-state index is 0.338. The molecule has 0 aliphatic heterocycles. The van der Waals surface area contributed by atoms with Gasteiger partial charge < -0.3 is 15.4 Å². The number of hydrogen-bond acceptors (Lipinski definition) is 3. The van der Waals surface area contributed by atoms with E-state index in [4.69, 9.17) is 4.74 Å². The summed E-state index contributed by atoms with van der Waals surface area (Å²) in [6.07, 6.45) is 0.692. The Morgan fingerprint density at radius 2 is 2.16 bits per heavy atom. The van der Waals surface area contributed by atoms with Crippen LogP contribution in [0.4, 0.5) is 19.3 Å². The highest BCUT2D eigenvalue weighted by molar-refractivity contribution is 7.99. The van der Waals surface area contributed by atoms with Gasteiger partial charge in [0.15, 0.2) is 0 Å². The average molecular weight is 290 g/mol. The minimum atomic E-state index is -2.52. The minimum Gasteiger partial charge on any atom is -0.385 e. The van der Waals surface area contributed by atoms with Gasteiger partial charge in [0.1, 0.15) is 0 Å². The van der Waals surface area contributed by atoms with Gasteiger partial charge in [-0.1, -0.05) is 23.9 Å². The summed E-state index contributed by atoms with van der Waals surface area (Å²) in [6.45, 7) is 1.02. The summed E-state index contributed by atoms with van der Waals surface area (Å²) in [5.74, 6) is -2.52. The summed E-state index contributed by atoms with van der Waals surface area (Å²) in [7, 11) is 1.58. The molecular weight excluding hydrogens is 274 g/mol. The summed E-state index contributed by atoms with van der Waals surface area (Å²) in [5, 5.41) is 5.17. The van der Waals surface area contributed by atoms with Crippen LogP contribution in [0.5, 0.6) is 0 Å². The highest BCUT2D eigenvalue weighted by Gasteiger charge is 2.11. The van der Waals surface area contributed by atoms with E-state index in [0.717, 1.165) is 0 Å². The number of hydrogen-bond donors (Lipinski definition) is 2. The Balaban J connectivity index is 2.49. The van der Waals surface area contributed by atoms with Crippen molar-refractivity contribution >= 4 is 23.5 Å². The number of para-hydroxylation sites is 1. The van der Waals surface area contributed by atoms with Gasteiger partial charge in [0, 0.05) is 25.2 Å². The van der Waals surface area contributed by atoms with E-state index >= 15 is 0 Å². The van der Waals surface area contributed by atoms with Gasteiger partial charge in [-0.3, -0.25) is 0 Å². The number of alkyl halides is 2. The molecule has 0 bridgehead atoms. The van der Waals surface area contributed by atoms with E-state index in [-0.39, 0.29) is 0 Å². The molecule has 2 N–H and O–H groups in total. The number of benzene rings is 1. The number of rotatable bonds is 7. The lowest BCUT2D eigenvalue weighted by molar-refractivity contribution is 0.194. The molecule has 0 spiro atoms. The van der Waals surface area contributed by atoms with Crippen LogP contribution in [0, 0.1) is 0 Å². The van der Waals surface area contributed by atoms with Crippen molar-refractivity contribution in [2.45, 2.75) is 17.1 Å². The number of carbonyl (C=O) groups is 1. The lowest BCUT2D eigenvalue weighted by Gasteiger charge is -2.11. The number of amides is 2. The maximum absolute atomic E-state index is 12.3. The fourth-order valence-electron chi connectivity index (χ4n) is 1.35. The van der Waals surface area contributed by atoms with Gasteiger partial charge in [-0.05, 0) is 18.6 Å². The number of methoxy groups -OCH3 is 1. The molecule has 0 unspecified atom stereocenters. The molecule has 4 nitrogen and oxygen atoms in total. The molecule has 0 aliphatic rings. The Kier molecular flexibility index (Phi) is 7.20. The third-order valence-electron chi connectivity index (χ3n) is 2.16. The molecule has 0 aromatic heterocycles. The van der Waals surface area contributed by atoms with Crippen LogP contribution in [-0.2, 0) is 4.74 Å². The van der Waals surface area contributed by atoms with Crippen molar-refractivity contribution in [3.05, 3.63) is 24.3 Å². The Hall–Kier alpha value is -1.34. The average Bonchev–Trinajstić information content (AvgIpc) is 2.36. The fraction of sp³-hybridized carbons (Fsp3) is 0.417. The summed E-state index contributed by atoms with van der Waals surface area (Å²) >= 11 is 0.403. The van der Waals surface area contributed by atoms with E-state index in [1.54, 1.807) is 25.3 Å². The molecule has 7 heteroatoms. The first-order valence-electron chi connectivity index (χ1n) is 5.71. The van der Waals surface area contributed by atoms with Gasteiger partial charge in [-0.25, -0.2) is 4.79 Å². The van der Waals surface area contributed by atoms with Crippen molar-refractivity contribution in [2.24, 2.45) is 0 Å². The molecular formula is C12H16F2N2O2S. The highest BCUT2D eigenvalue weighted by Crippen LogP contribution is 2.31. The van der Waals surface area contributed by atoms with E-state index in [9.17, 15) is 13.6 Å². The second-order valence-corrected chi connectivity index (χ2v) is 4.63. The van der Waals surface area contributed by atoms with Gasteiger partial charge in [-0.15, -0.1) is 0 Å². The number of thioether (sulfide) groups is 1. The van der Waals surface area contributed by atoms with Crippen LogP contribution in [0.1, 0.15) is 6.42 Å². The molecule has 0 radical (unpaired) electrons. The van der Waals surface area contributed by atoms with Crippen molar-refractivity contribution in [1.82, 2.24) is 5.32 Å². The number of halogens is 2. The van der Waals surface area contributed by atoms with Gasteiger partial charge >= 0.3 is 6.03 Å². The monoisotopic (exact) mass is 290 g/mol. The van der Waals surface area contributed by atoms with Crippen molar-refractivity contribution < 1.29 is 18.3 Å². The predicted molar refractivity (Wildman–Crippen MR) is 71.8 cm³/mol. The van der Waals surface area contributed by atoms with Crippen LogP contribution in [0.3, 0.4) is 0 Å². The SMILES string of the molecule is COCCCNC(=O)Nc1ccccc1SC(F)F. The van der Waals surface area contributed by atoms with Gasteiger partial charge in [-0.2, -0.15) is 8.78 Å². The second kappa shape index (κ2) is 8.71. The van der Waals surface area contributed by atoms with Crippen molar-refractivity contribution in [2.75, 3.05) is 25.6 Å². The molecule has 2 amide bonds. The van der Waals surface area contributed by atoms with Crippen LogP contribution in [0.2, 0.25) is 0 Å². The van der Waals surface area contributed by atoms with Crippen LogP contribution in [0.15, 0.2) is 29.2 Å². The lowest BCUT2D eigenvalue weighted by Crippen LogP contribution is -2.30. The molecule has 0 heterocycles. The van der Waals surface area contributed by atoms with Crippen molar-refractivity contribution in [3.8, 4) is 0 Å². The maximum atomic E-state index is 12.3. The third-order valence-corrected chi connectivity index (χ3v) is 2.95. The summed E-state index contributed by atoms with van der Waals surface area (Å²) < 4.78 is 29.5. The van der Waals surface area contributed by atoms with Crippen LogP contribution >= 0.6 is 11.8 Å². The summed E-state index contributed by atoms with van der Waals surface area (Å²) in [6, 6.07) is 6.03. The normalized spacial score (nSPS) is 10.5. The van der Waals surface area contributed by atoms with E-state index in [2.05, 4.69) is 10.6 Å². The number of nitrogens with one attached hydrogen (secondary N) is 2. The first-order valence-corrected chi connectivity index (χ1v) is 6.59. The summed E-state index contributed by atoms with van der Waals surface area (Å²) in [5.41, 5.74) is 0.372. The first kappa shape index (κ1) is 15.7. The molecule has 0 atom stereocenters. The quantitative estimate of drug-likeness (QED) is 0.599. The zero-order valence-corrected chi connectivity index (χ0v) is 11.3. The van der Waals surface area contributed by atoms with Gasteiger partial charge in [0.05, 0.1) is 5.69 Å². The molecule has 0 fully saturated rings. The smallest absolute Gasteiger partial charge is 0.319 e. The fourth-order valence-corrected chi connectivity index (χ4v) is 1.95. The van der Waals surface area contributed by atoms with Crippen molar-refractivity contribution in [3.63, 3.8) is 0 Å². The van der Waals surface area contributed by atoms with Crippen LogP contribution < -0.4 is 10.6 Å². The predicted octanol–water partition coefficient (Wildman–Crippen LogP) is 3.16. The lowest BCUT2D eigenvalue weighted by atomic mass is 10.3. The highest BCUT2D eigenvalue weighted by atomic mass is 32.2. The molecule has 0 saturated carbocycles. The van der Waals surface area contributed by atoms with Gasteiger partial charge in [0.2, 0.25) is 0 Å². The molecule has 1 aromatic rings. The van der Waals surface area contributed by atoms with Crippen molar-refractivity contribution in [1.29, 1.82) is 0 Å². The topological polar surface area (TPSA) is 50.4 Å². The van der Waals surface area contributed by atoms with E-state index in [0.29, 0.717) is 41.9 Å². The molecule has 0 saturated heterocycles. The number of ether oxygens (including phenoxy) is 1. The Morgan fingerprint density at radius 3 is 2.84 bits per heavy atom. The van der Waals surface area contributed by atoms with E-state index in [1.807, 2.05) is 0 Å². The number of anilines is 1. The molecule has 0 aliphatic carbocycles. The molecule has 19 heavy (non-hydrogen) atoms. The first-order chi connectivity index (χ1) is 9.13. The maximum Gasteiger partial charge on any atom is 0.319 e. The standard InChI is InChI=1S/C12H16F2N2O2S/c1-18-8-4-7-15-12(17)16-9-5-2-3-6-10(9)19-11(13)14/h2-3,5-6,11H,4,7-8H2,1H3,(H2,15,16,17). The third kappa shape index (κ3) is 6.40. The zero-order valence-electron chi connectivity index (χ0n) is 10.5. The second-order valence-electron chi connectivity index (χ2n) is 3.60. The Bertz CT molecular complexity index is 405. The molecule has 1 rings (SSSR count). The number of carbonyl (C=O) groups excluding carboxylic acids is 1. The van der Waals surface area contributed by atoms with Crippen LogP contribution in [0.25, 0.3) is 0 Å². The van der Waals surface area contributed by atoms with Crippen LogP contribution in [-0.4, -0.2) is 32.1 Å². The Labute approximate surface area is 114 Å². The molecule has 106 valence electrons. The van der Waals surface area contributed by atoms with E-state index < -0.39 is 11.8 Å². The Morgan fingerprint density at radius 1 is 1.42 bits per heavy atom. The van der Waals surface area contributed by atoms with Gasteiger partial charge in [0.25, 0.3) is 5.76 Å². The zero-order chi connectivity index (χ0) is 14.1. The molecule has 1 aromatic carbocycles. The number of urea groups is 1. The summed E-state index contributed by atoms with van der Waals surface area (Å²) in [4.78, 5) is 11.9. The largest absolute Gasteiger partial charge is 0.385 e. The van der Waals surface area contributed by atoms with E-state index in [1.165, 1.54) is 6.07 Å².